The summed E-state index contributed by atoms with van der Waals surface area (Å²) >= 11 is 6.08. The topological polar surface area (TPSA) is 91.7 Å². The van der Waals surface area contributed by atoms with E-state index in [-0.39, 0.29) is 28.2 Å². The van der Waals surface area contributed by atoms with E-state index in [4.69, 9.17) is 11.6 Å². The Morgan fingerprint density at radius 2 is 1.74 bits per heavy atom. The van der Waals surface area contributed by atoms with Gasteiger partial charge >= 0.3 is 0 Å². The van der Waals surface area contributed by atoms with Crippen LogP contribution < -0.4 is 15.2 Å². The molecule has 2 aromatic carbocycles. The third-order valence-electron chi connectivity index (χ3n) is 7.81. The zero-order valence-corrected chi connectivity index (χ0v) is 22.4. The number of amides is 1. The van der Waals surface area contributed by atoms with E-state index in [1.807, 2.05) is 21.6 Å². The van der Waals surface area contributed by atoms with Crippen molar-refractivity contribution in [1.29, 1.82) is 0 Å². The minimum Gasteiger partial charge on any atom is -0.369 e. The van der Waals surface area contributed by atoms with E-state index < -0.39 is 10.0 Å². The van der Waals surface area contributed by atoms with Crippen LogP contribution in [0.2, 0.25) is 5.02 Å². The van der Waals surface area contributed by atoms with Crippen LogP contribution in [0.3, 0.4) is 0 Å². The van der Waals surface area contributed by atoms with Gasteiger partial charge in [-0.1, -0.05) is 23.7 Å². The molecule has 2 bridgehead atoms. The fraction of sp³-hybridized carbons (Fsp3) is 0.357. The van der Waals surface area contributed by atoms with E-state index in [9.17, 15) is 18.0 Å². The number of pyridine rings is 1. The molecule has 0 unspecified atom stereocenters. The number of likely N-dealkylation sites (tertiary alicyclic amines) is 1. The number of sulfonamides is 1. The molecule has 3 aliphatic heterocycles. The largest absolute Gasteiger partial charge is 0.369 e. The third-order valence-corrected chi connectivity index (χ3v) is 9.41. The van der Waals surface area contributed by atoms with Crippen LogP contribution in [0.15, 0.2) is 70.4 Å². The van der Waals surface area contributed by atoms with E-state index in [2.05, 4.69) is 9.62 Å². The average Bonchev–Trinajstić information content (AvgIpc) is 3.44. The van der Waals surface area contributed by atoms with Gasteiger partial charge in [-0.05, 0) is 67.6 Å². The van der Waals surface area contributed by atoms with Gasteiger partial charge in [0.15, 0.2) is 0 Å². The summed E-state index contributed by atoms with van der Waals surface area (Å²) in [6.45, 7) is 3.38. The van der Waals surface area contributed by atoms with Crippen LogP contribution in [0.1, 0.15) is 41.2 Å². The lowest BCUT2D eigenvalue weighted by atomic mass is 9.83. The van der Waals surface area contributed by atoms with Gasteiger partial charge in [0.2, 0.25) is 0 Å². The summed E-state index contributed by atoms with van der Waals surface area (Å²) in [6.07, 6.45) is 2.92. The summed E-state index contributed by atoms with van der Waals surface area (Å²) in [5, 5.41) is 0.323. The van der Waals surface area contributed by atoms with Crippen molar-refractivity contribution in [2.45, 2.75) is 36.6 Å². The smallest absolute Gasteiger partial charge is 0.262 e. The second kappa shape index (κ2) is 9.78. The average molecular weight is 553 g/mol. The van der Waals surface area contributed by atoms with Crippen LogP contribution in [-0.2, 0) is 16.6 Å². The molecular formula is C28H29ClN4O4S. The molecule has 1 amide bonds. The van der Waals surface area contributed by atoms with E-state index in [1.165, 1.54) is 12.1 Å². The van der Waals surface area contributed by atoms with E-state index in [0.29, 0.717) is 49.0 Å². The maximum absolute atomic E-state index is 13.4. The maximum Gasteiger partial charge on any atom is 0.262 e. The first-order valence-electron chi connectivity index (χ1n) is 12.9. The number of hydrogen-bond acceptors (Lipinski definition) is 5. The molecule has 0 saturated carbocycles. The summed E-state index contributed by atoms with van der Waals surface area (Å²) in [7, 11) is -3.96. The van der Waals surface area contributed by atoms with Gasteiger partial charge in [-0.3, -0.25) is 14.3 Å². The fourth-order valence-electron chi connectivity index (χ4n) is 6.06. The molecule has 2 fully saturated rings. The van der Waals surface area contributed by atoms with Crippen molar-refractivity contribution in [2.75, 3.05) is 35.8 Å². The van der Waals surface area contributed by atoms with Crippen LogP contribution in [0.5, 0.6) is 0 Å². The second-order valence-electron chi connectivity index (χ2n) is 10.4. The number of nitrogens with zero attached hydrogens (tertiary/aromatic N) is 3. The number of benzene rings is 2. The molecule has 1 aromatic heterocycles. The molecule has 6 rings (SSSR count). The van der Waals surface area contributed by atoms with Gasteiger partial charge in [-0.15, -0.1) is 0 Å². The molecule has 198 valence electrons. The zero-order chi connectivity index (χ0) is 26.4. The molecule has 0 radical (unpaired) electrons. The van der Waals surface area contributed by atoms with Gasteiger partial charge in [0.1, 0.15) is 0 Å². The normalized spacial score (nSPS) is 20.8. The molecule has 0 aliphatic carbocycles. The molecule has 3 aliphatic rings. The lowest BCUT2D eigenvalue weighted by molar-refractivity contribution is 0.0793. The molecule has 2 saturated heterocycles. The zero-order valence-electron chi connectivity index (χ0n) is 20.8. The number of aromatic nitrogens is 1. The summed E-state index contributed by atoms with van der Waals surface area (Å²) in [6, 6.07) is 16.8. The van der Waals surface area contributed by atoms with Gasteiger partial charge < -0.3 is 14.4 Å². The van der Waals surface area contributed by atoms with E-state index in [1.54, 1.807) is 36.4 Å². The maximum atomic E-state index is 13.4. The Morgan fingerprint density at radius 3 is 2.53 bits per heavy atom. The van der Waals surface area contributed by atoms with Gasteiger partial charge in [0, 0.05) is 61.0 Å². The van der Waals surface area contributed by atoms with Crippen LogP contribution >= 0.6 is 11.6 Å². The first-order chi connectivity index (χ1) is 18.3. The minimum absolute atomic E-state index is 0.0189. The van der Waals surface area contributed by atoms with Gasteiger partial charge in [-0.2, -0.15) is 0 Å². The van der Waals surface area contributed by atoms with Crippen molar-refractivity contribution in [3.8, 4) is 0 Å². The van der Waals surface area contributed by atoms with Crippen LogP contribution in [0.4, 0.5) is 11.4 Å². The Labute approximate surface area is 226 Å². The van der Waals surface area contributed by atoms with Crippen molar-refractivity contribution < 1.29 is 13.2 Å². The second-order valence-corrected chi connectivity index (χ2v) is 12.5. The first kappa shape index (κ1) is 25.0. The lowest BCUT2D eigenvalue weighted by Gasteiger charge is -2.44. The van der Waals surface area contributed by atoms with Crippen LogP contribution in [0, 0.1) is 5.92 Å². The molecule has 10 heteroatoms. The lowest BCUT2D eigenvalue weighted by Crippen LogP contribution is -2.47. The van der Waals surface area contributed by atoms with Crippen molar-refractivity contribution in [3.63, 3.8) is 0 Å². The molecule has 2 atom stereocenters. The minimum atomic E-state index is -3.96. The van der Waals surface area contributed by atoms with Crippen molar-refractivity contribution >= 4 is 38.9 Å². The van der Waals surface area contributed by atoms with E-state index >= 15 is 0 Å². The molecule has 0 spiro atoms. The molecule has 8 nitrogen and oxygen atoms in total. The highest BCUT2D eigenvalue weighted by molar-refractivity contribution is 7.92. The Kier molecular flexibility index (Phi) is 6.44. The number of hydrogen-bond donors (Lipinski definition) is 1. The monoisotopic (exact) mass is 552 g/mol. The number of carbonyl (C=O) groups is 1. The Bertz CT molecular complexity index is 1570. The molecule has 3 aromatic rings. The Hall–Kier alpha value is -3.30. The Balaban J connectivity index is 1.38. The predicted octanol–water partition coefficient (Wildman–Crippen LogP) is 4.16. The number of halogens is 1. The third kappa shape index (κ3) is 4.69. The molecule has 4 heterocycles. The standard InChI is InChI=1S/C28H29ClN4O4S/c29-22-5-3-6-23(15-22)38(36,37)30-24-14-20(28(35)31-11-1-2-12-31)9-10-26(24)32-16-19-13-21(18-32)25-7-4-8-27(34)33(25)17-19/h3-10,14-15,19,21,30H,1-2,11-13,16-18H2/t19-,21+/m1/s1. The van der Waals surface area contributed by atoms with Crippen LogP contribution in [-0.4, -0.2) is 50.0 Å². The van der Waals surface area contributed by atoms with E-state index in [0.717, 1.165) is 30.6 Å². The highest BCUT2D eigenvalue weighted by Crippen LogP contribution is 2.40. The number of piperidine rings is 1. The van der Waals surface area contributed by atoms with Crippen molar-refractivity contribution in [1.82, 2.24) is 9.47 Å². The number of fused-ring (bicyclic) bond motifs is 4. The van der Waals surface area contributed by atoms with Crippen molar-refractivity contribution in [2.24, 2.45) is 5.92 Å². The van der Waals surface area contributed by atoms with Crippen LogP contribution in [0.25, 0.3) is 0 Å². The fourth-order valence-corrected chi connectivity index (χ4v) is 7.43. The van der Waals surface area contributed by atoms with Gasteiger partial charge in [0.05, 0.1) is 16.3 Å². The molecular weight excluding hydrogens is 524 g/mol. The van der Waals surface area contributed by atoms with Gasteiger partial charge in [-0.25, -0.2) is 8.42 Å². The summed E-state index contributed by atoms with van der Waals surface area (Å²) in [5.74, 6) is 0.311. The quantitative estimate of drug-likeness (QED) is 0.513. The van der Waals surface area contributed by atoms with Crippen molar-refractivity contribution in [3.05, 3.63) is 87.3 Å². The summed E-state index contributed by atoms with van der Waals surface area (Å²) in [4.78, 5) is 29.7. The number of anilines is 2. The highest BCUT2D eigenvalue weighted by Gasteiger charge is 2.36. The first-order valence-corrected chi connectivity index (χ1v) is 14.8. The molecule has 38 heavy (non-hydrogen) atoms. The molecule has 1 N–H and O–H groups in total. The Morgan fingerprint density at radius 1 is 0.947 bits per heavy atom. The SMILES string of the molecule is O=C(c1ccc(N2C[C@H]3C[C@@H](C2)c2cccc(=O)n2C3)c(NS(=O)(=O)c2cccc(Cl)c2)c1)N1CCCC1. The predicted molar refractivity (Wildman–Crippen MR) is 148 cm³/mol. The number of nitrogens with one attached hydrogen (secondary N) is 1. The highest BCUT2D eigenvalue weighted by atomic mass is 35.5. The van der Waals surface area contributed by atoms with Gasteiger partial charge in [0.25, 0.3) is 21.5 Å². The summed E-state index contributed by atoms with van der Waals surface area (Å²) in [5.41, 5.74) is 2.56. The summed E-state index contributed by atoms with van der Waals surface area (Å²) < 4.78 is 31.4. The number of rotatable bonds is 5. The number of carbonyl (C=O) groups excluding carboxylic acids is 1.